The number of hydrogen-bond acceptors (Lipinski definition) is 6. The SMILES string of the molecule is O=C(O)c1ccc(-c2nccnc2Oc2ccc(C(=O)c3nc4ccccc4[nH]3)cc2)cc1. The number of ketones is 1. The van der Waals surface area contributed by atoms with Crippen molar-refractivity contribution in [2.75, 3.05) is 0 Å². The zero-order valence-corrected chi connectivity index (χ0v) is 17.1. The van der Waals surface area contributed by atoms with Gasteiger partial charge in [0.05, 0.1) is 16.6 Å². The lowest BCUT2D eigenvalue weighted by Crippen LogP contribution is -2.03. The van der Waals surface area contributed by atoms with Crippen LogP contribution in [0.4, 0.5) is 0 Å². The maximum Gasteiger partial charge on any atom is 0.335 e. The second-order valence-corrected chi connectivity index (χ2v) is 7.15. The molecule has 5 aromatic rings. The zero-order chi connectivity index (χ0) is 22.8. The number of aromatic nitrogens is 4. The number of nitrogens with zero attached hydrogens (tertiary/aromatic N) is 3. The Morgan fingerprint density at radius 1 is 0.818 bits per heavy atom. The molecule has 33 heavy (non-hydrogen) atoms. The number of hydrogen-bond donors (Lipinski definition) is 2. The number of aromatic carboxylic acids is 1. The van der Waals surface area contributed by atoms with Crippen molar-refractivity contribution in [3.05, 3.63) is 102 Å². The maximum absolute atomic E-state index is 12.8. The number of fused-ring (bicyclic) bond motifs is 1. The Bertz CT molecular complexity index is 1440. The van der Waals surface area contributed by atoms with Crippen molar-refractivity contribution in [2.45, 2.75) is 0 Å². The van der Waals surface area contributed by atoms with Gasteiger partial charge in [-0.15, -0.1) is 0 Å². The second-order valence-electron chi connectivity index (χ2n) is 7.15. The minimum absolute atomic E-state index is 0.176. The molecule has 3 aromatic carbocycles. The van der Waals surface area contributed by atoms with E-state index >= 15 is 0 Å². The van der Waals surface area contributed by atoms with E-state index < -0.39 is 5.97 Å². The van der Waals surface area contributed by atoms with Crippen LogP contribution in [0, 0.1) is 0 Å². The minimum atomic E-state index is -1.01. The molecule has 2 heterocycles. The van der Waals surface area contributed by atoms with E-state index in [0.717, 1.165) is 11.0 Å². The van der Waals surface area contributed by atoms with Crippen molar-refractivity contribution in [3.8, 4) is 22.9 Å². The first-order valence-electron chi connectivity index (χ1n) is 10.0. The van der Waals surface area contributed by atoms with Gasteiger partial charge in [0, 0.05) is 23.5 Å². The predicted molar refractivity (Wildman–Crippen MR) is 120 cm³/mol. The number of carbonyl (C=O) groups is 2. The van der Waals surface area contributed by atoms with Gasteiger partial charge in [0.1, 0.15) is 11.4 Å². The van der Waals surface area contributed by atoms with Crippen molar-refractivity contribution in [1.29, 1.82) is 0 Å². The van der Waals surface area contributed by atoms with Crippen molar-refractivity contribution in [3.63, 3.8) is 0 Å². The van der Waals surface area contributed by atoms with Gasteiger partial charge in [-0.3, -0.25) is 4.79 Å². The summed E-state index contributed by atoms with van der Waals surface area (Å²) in [6.07, 6.45) is 3.03. The number of carbonyl (C=O) groups excluding carboxylic acids is 1. The highest BCUT2D eigenvalue weighted by molar-refractivity contribution is 6.08. The van der Waals surface area contributed by atoms with Crippen LogP contribution in [0.5, 0.6) is 11.6 Å². The number of ether oxygens (including phenoxy) is 1. The summed E-state index contributed by atoms with van der Waals surface area (Å²) in [6, 6.07) is 20.4. The quantitative estimate of drug-likeness (QED) is 0.369. The number of nitrogens with one attached hydrogen (secondary N) is 1. The third kappa shape index (κ3) is 4.05. The standard InChI is InChI=1S/C25H16N4O4/c30-22(23-28-19-3-1-2-4-20(19)29-23)16-9-11-18(12-10-16)33-24-21(26-13-14-27-24)15-5-7-17(8-6-15)25(31)32/h1-14H,(H,28,29)(H,31,32). The molecule has 0 atom stereocenters. The van der Waals surface area contributed by atoms with E-state index in [-0.39, 0.29) is 23.1 Å². The van der Waals surface area contributed by atoms with Gasteiger partial charge in [0.2, 0.25) is 11.7 Å². The second kappa shape index (κ2) is 8.35. The first-order chi connectivity index (χ1) is 16.1. The van der Waals surface area contributed by atoms with Gasteiger partial charge >= 0.3 is 5.97 Å². The van der Waals surface area contributed by atoms with Crippen LogP contribution in [0.1, 0.15) is 26.5 Å². The van der Waals surface area contributed by atoms with E-state index in [1.165, 1.54) is 24.5 Å². The largest absolute Gasteiger partial charge is 0.478 e. The first-order valence-corrected chi connectivity index (χ1v) is 10.0. The first kappa shape index (κ1) is 20.1. The number of imidazole rings is 1. The molecular weight excluding hydrogens is 420 g/mol. The smallest absolute Gasteiger partial charge is 0.335 e. The minimum Gasteiger partial charge on any atom is -0.478 e. The van der Waals surface area contributed by atoms with Gasteiger partial charge < -0.3 is 14.8 Å². The Hall–Kier alpha value is -4.85. The number of aromatic amines is 1. The molecule has 8 heteroatoms. The topological polar surface area (TPSA) is 118 Å². The van der Waals surface area contributed by atoms with Crippen molar-refractivity contribution < 1.29 is 19.4 Å². The van der Waals surface area contributed by atoms with E-state index in [0.29, 0.717) is 22.6 Å². The van der Waals surface area contributed by atoms with E-state index in [2.05, 4.69) is 19.9 Å². The summed E-state index contributed by atoms with van der Waals surface area (Å²) in [4.78, 5) is 39.9. The lowest BCUT2D eigenvalue weighted by molar-refractivity contribution is 0.0696. The highest BCUT2D eigenvalue weighted by Crippen LogP contribution is 2.30. The molecule has 0 amide bonds. The van der Waals surface area contributed by atoms with Crippen LogP contribution in [-0.4, -0.2) is 36.8 Å². The van der Waals surface area contributed by atoms with Crippen molar-refractivity contribution >= 4 is 22.8 Å². The molecule has 2 N–H and O–H groups in total. The molecule has 8 nitrogen and oxygen atoms in total. The summed E-state index contributed by atoms with van der Waals surface area (Å²) in [5.41, 5.74) is 3.30. The zero-order valence-electron chi connectivity index (χ0n) is 17.1. The van der Waals surface area contributed by atoms with E-state index in [1.807, 2.05) is 24.3 Å². The summed E-state index contributed by atoms with van der Waals surface area (Å²) in [7, 11) is 0. The highest BCUT2D eigenvalue weighted by Gasteiger charge is 2.15. The molecule has 2 aromatic heterocycles. The lowest BCUT2D eigenvalue weighted by Gasteiger charge is -2.09. The van der Waals surface area contributed by atoms with E-state index in [1.54, 1.807) is 36.4 Å². The Morgan fingerprint density at radius 2 is 1.52 bits per heavy atom. The molecule has 160 valence electrons. The summed E-state index contributed by atoms with van der Waals surface area (Å²) in [5.74, 6) is -0.228. The van der Waals surface area contributed by atoms with Gasteiger partial charge in [-0.05, 0) is 48.5 Å². The Kier molecular flexibility index (Phi) is 5.08. The summed E-state index contributed by atoms with van der Waals surface area (Å²) < 4.78 is 5.91. The number of carboxylic acid groups (broad SMARTS) is 1. The fourth-order valence-corrected chi connectivity index (χ4v) is 3.35. The fraction of sp³-hybridized carbons (Fsp3) is 0. The van der Waals surface area contributed by atoms with Crippen LogP contribution >= 0.6 is 0 Å². The Morgan fingerprint density at radius 3 is 2.24 bits per heavy atom. The van der Waals surface area contributed by atoms with Gasteiger partial charge in [-0.1, -0.05) is 24.3 Å². The molecule has 0 aliphatic carbocycles. The van der Waals surface area contributed by atoms with Crippen LogP contribution in [-0.2, 0) is 0 Å². The van der Waals surface area contributed by atoms with Crippen LogP contribution in [0.25, 0.3) is 22.3 Å². The molecule has 0 saturated carbocycles. The number of carboxylic acids is 1. The van der Waals surface area contributed by atoms with Crippen molar-refractivity contribution in [2.24, 2.45) is 0 Å². The molecule has 0 radical (unpaired) electrons. The monoisotopic (exact) mass is 436 g/mol. The van der Waals surface area contributed by atoms with Gasteiger partial charge in [0.15, 0.2) is 5.82 Å². The van der Waals surface area contributed by atoms with Gasteiger partial charge in [-0.25, -0.2) is 19.7 Å². The summed E-state index contributed by atoms with van der Waals surface area (Å²) >= 11 is 0. The third-order valence-electron chi connectivity index (χ3n) is 5.01. The highest BCUT2D eigenvalue weighted by atomic mass is 16.5. The van der Waals surface area contributed by atoms with E-state index in [4.69, 9.17) is 9.84 Å². The molecule has 0 unspecified atom stereocenters. The van der Waals surface area contributed by atoms with Gasteiger partial charge in [-0.2, -0.15) is 0 Å². The molecule has 0 fully saturated rings. The fourth-order valence-electron chi connectivity index (χ4n) is 3.35. The average molecular weight is 436 g/mol. The maximum atomic E-state index is 12.8. The lowest BCUT2D eigenvalue weighted by atomic mass is 10.1. The molecule has 0 spiro atoms. The van der Waals surface area contributed by atoms with Crippen LogP contribution in [0.3, 0.4) is 0 Å². The molecular formula is C25H16N4O4. The number of rotatable bonds is 6. The van der Waals surface area contributed by atoms with Gasteiger partial charge in [0.25, 0.3) is 0 Å². The Labute approximate surface area is 187 Å². The van der Waals surface area contributed by atoms with Crippen LogP contribution in [0.2, 0.25) is 0 Å². The number of H-pyrrole nitrogens is 1. The molecule has 0 aliphatic rings. The molecule has 0 bridgehead atoms. The molecule has 0 saturated heterocycles. The number of para-hydroxylation sites is 2. The van der Waals surface area contributed by atoms with E-state index in [9.17, 15) is 9.59 Å². The predicted octanol–water partition coefficient (Wildman–Crippen LogP) is 4.74. The average Bonchev–Trinajstić information content (AvgIpc) is 3.29. The van der Waals surface area contributed by atoms with Crippen LogP contribution in [0.15, 0.2) is 85.2 Å². The number of benzene rings is 3. The summed E-state index contributed by atoms with van der Waals surface area (Å²) in [5, 5.41) is 9.08. The molecule has 0 aliphatic heterocycles. The normalized spacial score (nSPS) is 10.8. The third-order valence-corrected chi connectivity index (χ3v) is 5.01. The van der Waals surface area contributed by atoms with Crippen LogP contribution < -0.4 is 4.74 Å². The Balaban J connectivity index is 1.37. The summed E-state index contributed by atoms with van der Waals surface area (Å²) in [6.45, 7) is 0. The molecule has 5 rings (SSSR count). The van der Waals surface area contributed by atoms with Crippen molar-refractivity contribution in [1.82, 2.24) is 19.9 Å².